The summed E-state index contributed by atoms with van der Waals surface area (Å²) in [6, 6.07) is -0.594. The van der Waals surface area contributed by atoms with E-state index in [4.69, 9.17) is 0 Å². The van der Waals surface area contributed by atoms with E-state index in [9.17, 15) is 18.2 Å². The highest BCUT2D eigenvalue weighted by Crippen LogP contribution is 2.44. The standard InChI is InChI=1S/C5H15N2O4PS2/c1-5(2)7(12(8,9)13)14(10,11)6(3)4/h5H,1-4H3,(H2,8,9,13). The van der Waals surface area contributed by atoms with Crippen molar-refractivity contribution in [3.8, 4) is 0 Å². The fourth-order valence-electron chi connectivity index (χ4n) is 0.869. The summed E-state index contributed by atoms with van der Waals surface area (Å²) in [5.41, 5.74) is 0. The third-order valence-electron chi connectivity index (χ3n) is 1.40. The fourth-order valence-corrected chi connectivity index (χ4v) is 5.18. The van der Waals surface area contributed by atoms with Gasteiger partial charge in [0.05, 0.1) is 0 Å². The fraction of sp³-hybridized carbons (Fsp3) is 1.00. The van der Waals surface area contributed by atoms with Gasteiger partial charge in [0.15, 0.2) is 0 Å². The molecular weight excluding hydrogens is 247 g/mol. The SMILES string of the molecule is CC(C)N(P(O)(O)=S)S(=O)(=O)N(C)C. The van der Waals surface area contributed by atoms with Crippen LogP contribution in [0.1, 0.15) is 13.8 Å². The first kappa shape index (κ1) is 14.4. The molecule has 0 aromatic carbocycles. The summed E-state index contributed by atoms with van der Waals surface area (Å²) in [5, 5.41) is 0. The van der Waals surface area contributed by atoms with Gasteiger partial charge in [0.2, 0.25) is 0 Å². The van der Waals surface area contributed by atoms with Crippen LogP contribution in [0.5, 0.6) is 0 Å². The summed E-state index contributed by atoms with van der Waals surface area (Å²) in [5.74, 6) is 0. The minimum atomic E-state index is -3.97. The quantitative estimate of drug-likeness (QED) is 0.681. The minimum Gasteiger partial charge on any atom is -0.333 e. The van der Waals surface area contributed by atoms with Crippen molar-refractivity contribution in [3.63, 3.8) is 0 Å². The first-order chi connectivity index (χ1) is 6.01. The molecule has 0 aliphatic rings. The normalized spacial score (nSPS) is 14.4. The lowest BCUT2D eigenvalue weighted by Gasteiger charge is -2.30. The van der Waals surface area contributed by atoms with Crippen molar-refractivity contribution in [1.29, 1.82) is 0 Å². The molecule has 86 valence electrons. The van der Waals surface area contributed by atoms with Crippen LogP contribution >= 0.6 is 6.64 Å². The lowest BCUT2D eigenvalue weighted by Crippen LogP contribution is -2.41. The Bertz CT molecular complexity index is 334. The maximum Gasteiger partial charge on any atom is 0.289 e. The molecule has 2 N–H and O–H groups in total. The molecule has 0 bridgehead atoms. The molecule has 0 aliphatic heterocycles. The van der Waals surface area contributed by atoms with E-state index in [1.54, 1.807) is 0 Å². The molecule has 0 aromatic heterocycles. The third kappa shape index (κ3) is 3.23. The van der Waals surface area contributed by atoms with Crippen LogP contribution in [0.2, 0.25) is 0 Å². The molecular formula is C5H15N2O4PS2. The van der Waals surface area contributed by atoms with Crippen LogP contribution in [0.25, 0.3) is 0 Å². The molecule has 0 unspecified atom stereocenters. The maximum atomic E-state index is 11.6. The highest BCUT2D eigenvalue weighted by Gasteiger charge is 2.36. The first-order valence-corrected chi connectivity index (χ1v) is 7.85. The van der Waals surface area contributed by atoms with Gasteiger partial charge in [-0.15, -0.1) is 4.08 Å². The van der Waals surface area contributed by atoms with Gasteiger partial charge in [0, 0.05) is 20.1 Å². The Kier molecular flexibility index (Phi) is 4.67. The van der Waals surface area contributed by atoms with Crippen LogP contribution in [0, 0.1) is 0 Å². The van der Waals surface area contributed by atoms with Crippen molar-refractivity contribution < 1.29 is 18.2 Å². The van der Waals surface area contributed by atoms with E-state index in [-0.39, 0.29) is 0 Å². The molecule has 14 heavy (non-hydrogen) atoms. The van der Waals surface area contributed by atoms with Gasteiger partial charge in [-0.2, -0.15) is 12.7 Å². The molecule has 0 radical (unpaired) electrons. The van der Waals surface area contributed by atoms with Crippen molar-refractivity contribution in [1.82, 2.24) is 8.38 Å². The van der Waals surface area contributed by atoms with E-state index < -0.39 is 22.9 Å². The number of nitrogens with zero attached hydrogens (tertiary/aromatic N) is 2. The molecule has 0 fully saturated rings. The van der Waals surface area contributed by atoms with Gasteiger partial charge in [0.25, 0.3) is 16.9 Å². The van der Waals surface area contributed by atoms with E-state index in [1.807, 2.05) is 0 Å². The van der Waals surface area contributed by atoms with Gasteiger partial charge in [-0.1, -0.05) is 0 Å². The van der Waals surface area contributed by atoms with Gasteiger partial charge < -0.3 is 9.79 Å². The molecule has 0 aliphatic carbocycles. The second-order valence-electron chi connectivity index (χ2n) is 3.17. The van der Waals surface area contributed by atoms with E-state index >= 15 is 0 Å². The lowest BCUT2D eigenvalue weighted by molar-refractivity contribution is 0.362. The van der Waals surface area contributed by atoms with E-state index in [1.165, 1.54) is 27.9 Å². The Morgan fingerprint density at radius 1 is 1.29 bits per heavy atom. The summed E-state index contributed by atoms with van der Waals surface area (Å²) in [6.07, 6.45) is 0. The topological polar surface area (TPSA) is 81.1 Å². The Labute approximate surface area is 89.6 Å². The molecule has 0 rings (SSSR count). The predicted molar refractivity (Wildman–Crippen MR) is 58.3 cm³/mol. The second kappa shape index (κ2) is 4.52. The van der Waals surface area contributed by atoms with Crippen molar-refractivity contribution in [3.05, 3.63) is 0 Å². The molecule has 0 saturated carbocycles. The van der Waals surface area contributed by atoms with Crippen molar-refractivity contribution >= 4 is 28.7 Å². The van der Waals surface area contributed by atoms with E-state index in [2.05, 4.69) is 11.8 Å². The Hall–Kier alpha value is 0.440. The molecule has 0 spiro atoms. The molecule has 0 amide bonds. The molecule has 6 nitrogen and oxygen atoms in total. The highest BCUT2D eigenvalue weighted by molar-refractivity contribution is 8.12. The van der Waals surface area contributed by atoms with Crippen molar-refractivity contribution in [2.75, 3.05) is 14.1 Å². The van der Waals surface area contributed by atoms with Gasteiger partial charge >= 0.3 is 0 Å². The second-order valence-corrected chi connectivity index (χ2v) is 8.39. The summed E-state index contributed by atoms with van der Waals surface area (Å²) < 4.78 is 24.7. The minimum absolute atomic E-state index is 0.551. The van der Waals surface area contributed by atoms with Crippen molar-refractivity contribution in [2.45, 2.75) is 19.9 Å². The summed E-state index contributed by atoms with van der Waals surface area (Å²) in [7, 11) is -1.28. The Balaban J connectivity index is 5.38. The first-order valence-electron chi connectivity index (χ1n) is 3.79. The lowest BCUT2D eigenvalue weighted by atomic mass is 10.4. The molecule has 9 heteroatoms. The molecule has 0 heterocycles. The maximum absolute atomic E-state index is 11.6. The summed E-state index contributed by atoms with van der Waals surface area (Å²) in [4.78, 5) is 18.5. The zero-order chi connectivity index (χ0) is 11.7. The predicted octanol–water partition coefficient (Wildman–Crippen LogP) is -0.288. The Morgan fingerprint density at radius 3 is 1.71 bits per heavy atom. The summed E-state index contributed by atoms with van der Waals surface area (Å²) in [6.45, 7) is -0.926. The average molecular weight is 262 g/mol. The zero-order valence-corrected chi connectivity index (χ0v) is 11.0. The average Bonchev–Trinajstić information content (AvgIpc) is 1.79. The van der Waals surface area contributed by atoms with Crippen LogP contribution in [-0.4, -0.2) is 46.7 Å². The van der Waals surface area contributed by atoms with E-state index in [0.29, 0.717) is 4.08 Å². The van der Waals surface area contributed by atoms with Gasteiger partial charge in [0.1, 0.15) is 0 Å². The third-order valence-corrected chi connectivity index (χ3v) is 6.33. The van der Waals surface area contributed by atoms with Crippen LogP contribution in [0.4, 0.5) is 0 Å². The largest absolute Gasteiger partial charge is 0.333 e. The number of rotatable bonds is 4. The molecule has 0 aromatic rings. The van der Waals surface area contributed by atoms with Crippen LogP contribution in [0.3, 0.4) is 0 Å². The van der Waals surface area contributed by atoms with Gasteiger partial charge in [-0.05, 0) is 25.7 Å². The monoisotopic (exact) mass is 262 g/mol. The zero-order valence-electron chi connectivity index (χ0n) is 8.45. The van der Waals surface area contributed by atoms with Gasteiger partial charge in [-0.3, -0.25) is 0 Å². The van der Waals surface area contributed by atoms with Gasteiger partial charge in [-0.25, -0.2) is 0 Å². The van der Waals surface area contributed by atoms with Crippen LogP contribution in [-0.2, 0) is 22.0 Å². The molecule has 0 saturated heterocycles. The molecule has 0 atom stereocenters. The number of hydrogen-bond acceptors (Lipinski definition) is 3. The summed E-state index contributed by atoms with van der Waals surface area (Å²) >= 11 is 4.39. The highest BCUT2D eigenvalue weighted by atomic mass is 32.5. The van der Waals surface area contributed by atoms with Crippen molar-refractivity contribution in [2.24, 2.45) is 0 Å². The smallest absolute Gasteiger partial charge is 0.289 e. The van der Waals surface area contributed by atoms with Crippen LogP contribution < -0.4 is 0 Å². The number of hydrogen-bond donors (Lipinski definition) is 2. The van der Waals surface area contributed by atoms with E-state index in [0.717, 1.165) is 4.31 Å². The Morgan fingerprint density at radius 2 is 1.64 bits per heavy atom. The van der Waals surface area contributed by atoms with Crippen LogP contribution in [0.15, 0.2) is 0 Å².